The van der Waals surface area contributed by atoms with Crippen molar-refractivity contribution in [3.63, 3.8) is 0 Å². The Balaban J connectivity index is 1.25. The molecule has 1 aliphatic carbocycles. The van der Waals surface area contributed by atoms with Gasteiger partial charge in [-0.25, -0.2) is 9.69 Å². The Morgan fingerprint density at radius 1 is 0.792 bits per heavy atom. The maximum atomic E-state index is 16.8. The number of benzene rings is 5. The second-order valence-corrected chi connectivity index (χ2v) is 19.0. The third kappa shape index (κ3) is 8.92. The Labute approximate surface area is 418 Å². The van der Waals surface area contributed by atoms with E-state index in [1.54, 1.807) is 35.2 Å². The molecule has 10 rings (SSSR count). The number of carbonyl (C=O) groups is 4. The third-order valence-electron chi connectivity index (χ3n) is 14.8. The van der Waals surface area contributed by atoms with Crippen molar-refractivity contribution in [2.45, 2.75) is 94.0 Å². The highest BCUT2D eigenvalue weighted by molar-refractivity contribution is 6.23. The predicted octanol–water partition coefficient (Wildman–Crippen LogP) is 9.61. The molecule has 3 fully saturated rings. The summed E-state index contributed by atoms with van der Waals surface area (Å²) < 4.78 is 19.0. The summed E-state index contributed by atoms with van der Waals surface area (Å²) in [5.41, 5.74) is 2.12. The largest absolute Gasteiger partial charge is 0.491 e. The summed E-state index contributed by atoms with van der Waals surface area (Å²) in [5.74, 6) is 3.63. The molecule has 0 unspecified atom stereocenters. The van der Waals surface area contributed by atoms with Crippen LogP contribution in [-0.4, -0.2) is 76.1 Å². The number of allylic oxidation sites excluding steroid dienone is 2. The Bertz CT molecular complexity index is 2940. The Morgan fingerprint density at radius 2 is 1.49 bits per heavy atom. The summed E-state index contributed by atoms with van der Waals surface area (Å²) in [4.78, 5) is 79.5. The van der Waals surface area contributed by atoms with E-state index >= 15 is 19.2 Å². The number of nitro benzene ring substituents is 1. The van der Waals surface area contributed by atoms with E-state index < -0.39 is 64.4 Å². The van der Waals surface area contributed by atoms with Gasteiger partial charge in [-0.3, -0.25) is 29.4 Å². The van der Waals surface area contributed by atoms with Crippen molar-refractivity contribution < 1.29 is 43.4 Å². The molecule has 5 aromatic rings. The zero-order valence-corrected chi connectivity index (χ0v) is 39.9. The lowest BCUT2D eigenvalue weighted by atomic mass is 9.64. The summed E-state index contributed by atoms with van der Waals surface area (Å²) in [5, 5.41) is 21.6. The van der Waals surface area contributed by atoms with Gasteiger partial charge in [-0.15, -0.1) is 0 Å². The second kappa shape index (κ2) is 21.0. The fraction of sp³-hybridized carbons (Fsp3) is 0.345. The number of likely N-dealkylation sites (tertiary alicyclic amines) is 1. The first-order valence-electron chi connectivity index (χ1n) is 25.0. The van der Waals surface area contributed by atoms with Crippen LogP contribution in [0.1, 0.15) is 109 Å². The van der Waals surface area contributed by atoms with Crippen LogP contribution in [0, 0.1) is 27.9 Å². The minimum Gasteiger partial charge on any atom is -0.491 e. The summed E-state index contributed by atoms with van der Waals surface area (Å²) in [6.07, 6.45) is 8.27. The molecule has 0 radical (unpaired) electrons. The minimum absolute atomic E-state index is 0.103. The van der Waals surface area contributed by atoms with Gasteiger partial charge in [-0.1, -0.05) is 116 Å². The first kappa shape index (κ1) is 48.0. The first-order valence-corrected chi connectivity index (χ1v) is 25.0. The van der Waals surface area contributed by atoms with Gasteiger partial charge in [0, 0.05) is 36.3 Å². The van der Waals surface area contributed by atoms with E-state index in [-0.39, 0.29) is 31.2 Å². The van der Waals surface area contributed by atoms with Crippen LogP contribution in [-0.2, 0) is 35.9 Å². The van der Waals surface area contributed by atoms with Gasteiger partial charge in [-0.2, -0.15) is 0 Å². The number of ether oxygens (including phenoxy) is 3. The summed E-state index contributed by atoms with van der Waals surface area (Å²) in [6.45, 7) is 0.0242. The molecule has 14 heteroatoms. The molecule has 14 nitrogen and oxygen atoms in total. The number of hydrogen-bond donors (Lipinski definition) is 1. The van der Waals surface area contributed by atoms with Gasteiger partial charge in [0.1, 0.15) is 36.5 Å². The molecule has 0 saturated carbocycles. The van der Waals surface area contributed by atoms with Crippen LogP contribution in [0.5, 0.6) is 5.75 Å². The smallest absolute Gasteiger partial charge is 0.421 e. The van der Waals surface area contributed by atoms with Gasteiger partial charge >= 0.3 is 12.1 Å². The highest BCUT2D eigenvalue weighted by Gasteiger charge is 2.76. The normalized spacial score (nSPS) is 23.9. The molecular formula is C58H56N4O10. The van der Waals surface area contributed by atoms with Gasteiger partial charge in [0.05, 0.1) is 35.2 Å². The number of nitro groups is 1. The molecule has 5 aliphatic rings. The van der Waals surface area contributed by atoms with Crippen LogP contribution in [0.15, 0.2) is 139 Å². The lowest BCUT2D eigenvalue weighted by Gasteiger charge is -2.46. The number of esters is 1. The van der Waals surface area contributed by atoms with E-state index in [0.29, 0.717) is 46.7 Å². The van der Waals surface area contributed by atoms with Crippen molar-refractivity contribution in [2.24, 2.45) is 5.92 Å². The maximum Gasteiger partial charge on any atom is 0.421 e. The summed E-state index contributed by atoms with van der Waals surface area (Å²) in [7, 11) is 0. The number of imide groups is 1. The number of morpholine rings is 1. The van der Waals surface area contributed by atoms with Crippen molar-refractivity contribution in [1.82, 2.24) is 9.80 Å². The Morgan fingerprint density at radius 3 is 2.18 bits per heavy atom. The lowest BCUT2D eigenvalue weighted by Crippen LogP contribution is -2.56. The number of anilines is 1. The Hall–Kier alpha value is -7.60. The van der Waals surface area contributed by atoms with Crippen LogP contribution in [0.2, 0.25) is 0 Å². The van der Waals surface area contributed by atoms with Crippen LogP contribution in [0.4, 0.5) is 16.2 Å². The number of para-hydroxylation sites is 1. The molecule has 5 aromatic carbocycles. The molecule has 0 bridgehead atoms. The molecular weight excluding hydrogens is 913 g/mol. The quantitative estimate of drug-likeness (QED) is 0.0612. The molecule has 3 amide bonds. The molecule has 6 atom stereocenters. The molecule has 368 valence electrons. The van der Waals surface area contributed by atoms with Crippen molar-refractivity contribution in [2.75, 3.05) is 31.2 Å². The van der Waals surface area contributed by atoms with Crippen LogP contribution in [0.25, 0.3) is 0 Å². The van der Waals surface area contributed by atoms with E-state index in [0.717, 1.165) is 73.8 Å². The zero-order chi connectivity index (χ0) is 49.8. The molecule has 1 spiro atoms. The number of non-ortho nitro benzene ring substituents is 1. The first-order chi connectivity index (χ1) is 35.2. The topological polar surface area (TPSA) is 169 Å². The lowest BCUT2D eigenvalue weighted by molar-refractivity contribution is -0.384. The Kier molecular flexibility index (Phi) is 14.0. The van der Waals surface area contributed by atoms with Gasteiger partial charge in [-0.05, 0) is 103 Å². The monoisotopic (exact) mass is 968 g/mol. The molecule has 4 heterocycles. The molecule has 3 saturated heterocycles. The van der Waals surface area contributed by atoms with E-state index in [1.165, 1.54) is 24.3 Å². The van der Waals surface area contributed by atoms with Crippen LogP contribution < -0.4 is 9.64 Å². The fourth-order valence-electron chi connectivity index (χ4n) is 11.6. The van der Waals surface area contributed by atoms with E-state index in [2.05, 4.69) is 17.9 Å². The minimum atomic E-state index is -2.07. The van der Waals surface area contributed by atoms with Crippen molar-refractivity contribution in [1.29, 1.82) is 0 Å². The number of aliphatic hydroxyl groups is 1. The highest BCUT2D eigenvalue weighted by Crippen LogP contribution is 2.67. The maximum absolute atomic E-state index is 16.8. The number of nitrogens with zero attached hydrogens (tertiary/aromatic N) is 4. The molecule has 1 N–H and O–H groups in total. The van der Waals surface area contributed by atoms with E-state index in [9.17, 15) is 15.2 Å². The number of cyclic esters (lactones) is 1. The number of amides is 3. The number of rotatable bonds is 10. The predicted molar refractivity (Wildman–Crippen MR) is 267 cm³/mol. The number of fused-ring (bicyclic) bond motifs is 3. The number of carbonyl (C=O) groups excluding carboxylic acids is 4. The standard InChI is InChI=1S/C58H56N4O10/c63-35-36-70-48-24-14-13-23-45(48)53-58(46-37-40(26-25-39-17-7-4-8-18-39)29-32-47(46)60(56(58)66)57(67)71-38-41-27-30-44(31-28-41)62(68)69)49(54(64)59-33-15-2-1-3-16-34-59)51-55(65)72-52(43-21-11-6-12-22-43)50(61(51)53)42-19-9-5-10-20-42/h5-6,9-14,17,19-24,27-32,37,49-53,63H,1-4,7-8,15-16,18,33-36,38H2/t49-,50-,51-,52+,53+,58-/m1/s1. The van der Waals surface area contributed by atoms with Gasteiger partial charge in [0.25, 0.3) is 5.69 Å². The SMILES string of the molecule is O=C1O[C@@H](c2ccccc2)[C@@H](c2ccccc2)N2[C@@H](c3ccccc3OCCO)[C@]3(C(=O)N(C(=O)OCc4ccc([N+](=O)[O-])cc4)c4ccc(C#CC5=CCCCC5)cc43)[C@@H](C(=O)N3CCCCCCC3)[C@H]12. The summed E-state index contributed by atoms with van der Waals surface area (Å²) >= 11 is 0. The number of hydrogen-bond acceptors (Lipinski definition) is 11. The van der Waals surface area contributed by atoms with Crippen molar-refractivity contribution >= 4 is 35.3 Å². The molecule has 0 aromatic heterocycles. The van der Waals surface area contributed by atoms with Gasteiger partial charge in [0.15, 0.2) is 0 Å². The average molecular weight is 969 g/mol. The van der Waals surface area contributed by atoms with E-state index in [4.69, 9.17) is 14.2 Å². The van der Waals surface area contributed by atoms with Crippen molar-refractivity contribution in [3.05, 3.63) is 183 Å². The van der Waals surface area contributed by atoms with Gasteiger partial charge < -0.3 is 24.2 Å². The average Bonchev–Trinajstić information content (AvgIpc) is 3.85. The second-order valence-electron chi connectivity index (χ2n) is 19.0. The van der Waals surface area contributed by atoms with Crippen LogP contribution in [0.3, 0.4) is 0 Å². The molecule has 4 aliphatic heterocycles. The van der Waals surface area contributed by atoms with Gasteiger partial charge in [0.2, 0.25) is 11.8 Å². The fourth-order valence-corrected chi connectivity index (χ4v) is 11.6. The number of aliphatic hydroxyl groups excluding tert-OH is 1. The molecule has 72 heavy (non-hydrogen) atoms. The summed E-state index contributed by atoms with van der Waals surface area (Å²) in [6, 6.07) is 33.5. The zero-order valence-electron chi connectivity index (χ0n) is 39.9. The van der Waals surface area contributed by atoms with Crippen LogP contribution >= 0.6 is 0 Å². The van der Waals surface area contributed by atoms with Crippen molar-refractivity contribution in [3.8, 4) is 17.6 Å². The third-order valence-corrected chi connectivity index (χ3v) is 14.8. The highest BCUT2D eigenvalue weighted by atomic mass is 16.6. The van der Waals surface area contributed by atoms with E-state index in [1.807, 2.05) is 77.7 Å².